The highest BCUT2D eigenvalue weighted by atomic mass is 35.5. The fraction of sp³-hybridized carbons (Fsp3) is 0.533. The second-order valence-corrected chi connectivity index (χ2v) is 6.43. The summed E-state index contributed by atoms with van der Waals surface area (Å²) in [6.45, 7) is 3.16. The molecule has 0 radical (unpaired) electrons. The number of halogens is 3. The lowest BCUT2D eigenvalue weighted by molar-refractivity contribution is 0.429. The quantitative estimate of drug-likeness (QED) is 0.734. The Labute approximate surface area is 127 Å². The molecule has 2 aromatic rings. The molecule has 1 aliphatic carbocycles. The van der Waals surface area contributed by atoms with Gasteiger partial charge in [0.2, 0.25) is 0 Å². The van der Waals surface area contributed by atoms with Crippen molar-refractivity contribution in [2.24, 2.45) is 11.8 Å². The zero-order valence-corrected chi connectivity index (χ0v) is 12.9. The van der Waals surface area contributed by atoms with E-state index in [1.807, 2.05) is 0 Å². The molecule has 2 nitrogen and oxygen atoms in total. The van der Waals surface area contributed by atoms with Crippen LogP contribution in [-0.2, 0) is 13.0 Å². The predicted molar refractivity (Wildman–Crippen MR) is 81.0 cm³/mol. The van der Waals surface area contributed by atoms with Crippen molar-refractivity contribution >= 4 is 34.2 Å². The molecule has 5 heteroatoms. The lowest BCUT2D eigenvalue weighted by atomic mass is 10.1. The highest BCUT2D eigenvalue weighted by Gasteiger charge is 2.29. The van der Waals surface area contributed by atoms with Crippen LogP contribution in [0.15, 0.2) is 12.1 Å². The van der Waals surface area contributed by atoms with Gasteiger partial charge >= 0.3 is 0 Å². The van der Waals surface area contributed by atoms with E-state index in [2.05, 4.69) is 16.5 Å². The SMILES string of the molecule is CC(Cn1c(CCCl)nc2cc(F)c(Cl)cc21)C1CC1. The lowest BCUT2D eigenvalue weighted by Gasteiger charge is -2.14. The standard InChI is InChI=1S/C15H17Cl2FN2/c1-9(10-2-3-10)8-20-14-6-11(17)12(18)7-13(14)19-15(20)4-5-16/h6-7,9-10H,2-5,8H2,1H3. The van der Waals surface area contributed by atoms with Crippen LogP contribution in [0.5, 0.6) is 0 Å². The van der Waals surface area contributed by atoms with E-state index in [1.165, 1.54) is 18.9 Å². The zero-order chi connectivity index (χ0) is 14.3. The average Bonchev–Trinajstić information content (AvgIpc) is 3.20. The Morgan fingerprint density at radius 1 is 1.45 bits per heavy atom. The molecule has 1 aromatic heterocycles. The normalized spacial score (nSPS) is 16.8. The van der Waals surface area contributed by atoms with Crippen molar-refractivity contribution in [2.45, 2.75) is 32.7 Å². The van der Waals surface area contributed by atoms with Gasteiger partial charge < -0.3 is 4.57 Å². The van der Waals surface area contributed by atoms with Crippen molar-refractivity contribution in [2.75, 3.05) is 5.88 Å². The molecule has 20 heavy (non-hydrogen) atoms. The molecule has 0 amide bonds. The zero-order valence-electron chi connectivity index (χ0n) is 11.4. The van der Waals surface area contributed by atoms with E-state index in [0.717, 1.165) is 23.8 Å². The second kappa shape index (κ2) is 5.53. The topological polar surface area (TPSA) is 17.8 Å². The van der Waals surface area contributed by atoms with Crippen molar-refractivity contribution in [3.8, 4) is 0 Å². The van der Waals surface area contributed by atoms with Gasteiger partial charge in [0.25, 0.3) is 0 Å². The molecule has 1 fully saturated rings. The van der Waals surface area contributed by atoms with Crippen molar-refractivity contribution in [1.82, 2.24) is 9.55 Å². The van der Waals surface area contributed by atoms with Crippen LogP contribution >= 0.6 is 23.2 Å². The molecular formula is C15H17Cl2FN2. The van der Waals surface area contributed by atoms with E-state index in [4.69, 9.17) is 23.2 Å². The van der Waals surface area contributed by atoms with E-state index in [9.17, 15) is 4.39 Å². The summed E-state index contributed by atoms with van der Waals surface area (Å²) in [5.41, 5.74) is 1.57. The number of alkyl halides is 1. The van der Waals surface area contributed by atoms with Gasteiger partial charge in [0, 0.05) is 24.9 Å². The largest absolute Gasteiger partial charge is 0.328 e. The van der Waals surface area contributed by atoms with Gasteiger partial charge in [0.1, 0.15) is 11.6 Å². The van der Waals surface area contributed by atoms with E-state index < -0.39 is 5.82 Å². The molecule has 0 bridgehead atoms. The maximum Gasteiger partial charge on any atom is 0.144 e. The molecule has 3 rings (SSSR count). The first-order chi connectivity index (χ1) is 9.60. The molecule has 1 unspecified atom stereocenters. The van der Waals surface area contributed by atoms with Crippen LogP contribution in [0.4, 0.5) is 4.39 Å². The molecule has 0 saturated heterocycles. The highest BCUT2D eigenvalue weighted by molar-refractivity contribution is 6.31. The Bertz CT molecular complexity index is 634. The number of benzene rings is 1. The summed E-state index contributed by atoms with van der Waals surface area (Å²) in [5.74, 6) is 2.43. The number of aryl methyl sites for hydroxylation is 1. The van der Waals surface area contributed by atoms with Crippen molar-refractivity contribution in [1.29, 1.82) is 0 Å². The summed E-state index contributed by atoms with van der Waals surface area (Å²) in [5, 5.41) is 0.148. The summed E-state index contributed by atoms with van der Waals surface area (Å²) in [7, 11) is 0. The summed E-state index contributed by atoms with van der Waals surface area (Å²) in [6.07, 6.45) is 3.31. The van der Waals surface area contributed by atoms with Crippen LogP contribution < -0.4 is 0 Å². The second-order valence-electron chi connectivity index (χ2n) is 5.65. The van der Waals surface area contributed by atoms with E-state index in [-0.39, 0.29) is 5.02 Å². The molecule has 0 N–H and O–H groups in total. The van der Waals surface area contributed by atoms with Crippen LogP contribution in [0, 0.1) is 17.7 Å². The maximum atomic E-state index is 13.6. The number of hydrogen-bond donors (Lipinski definition) is 0. The fourth-order valence-corrected chi connectivity index (χ4v) is 3.08. The number of aromatic nitrogens is 2. The van der Waals surface area contributed by atoms with Crippen molar-refractivity contribution in [3.63, 3.8) is 0 Å². The smallest absolute Gasteiger partial charge is 0.144 e. The molecule has 1 atom stereocenters. The molecule has 1 heterocycles. The van der Waals surface area contributed by atoms with Gasteiger partial charge in [0.15, 0.2) is 0 Å². The van der Waals surface area contributed by atoms with Gasteiger partial charge in [-0.3, -0.25) is 0 Å². The molecule has 108 valence electrons. The maximum absolute atomic E-state index is 13.6. The van der Waals surface area contributed by atoms with Gasteiger partial charge in [-0.1, -0.05) is 18.5 Å². The number of hydrogen-bond acceptors (Lipinski definition) is 1. The van der Waals surface area contributed by atoms with E-state index in [1.54, 1.807) is 6.07 Å². The predicted octanol–water partition coefficient (Wildman–Crippen LogP) is 4.66. The molecule has 0 spiro atoms. The molecule has 0 aliphatic heterocycles. The monoisotopic (exact) mass is 314 g/mol. The van der Waals surface area contributed by atoms with Crippen molar-refractivity contribution < 1.29 is 4.39 Å². The molecule has 1 saturated carbocycles. The third-order valence-corrected chi connectivity index (χ3v) is 4.56. The Morgan fingerprint density at radius 2 is 2.20 bits per heavy atom. The van der Waals surface area contributed by atoms with Crippen LogP contribution in [0.3, 0.4) is 0 Å². The number of imidazole rings is 1. The van der Waals surface area contributed by atoms with Gasteiger partial charge in [-0.15, -0.1) is 11.6 Å². The minimum Gasteiger partial charge on any atom is -0.328 e. The first-order valence-electron chi connectivity index (χ1n) is 7.00. The lowest BCUT2D eigenvalue weighted by Crippen LogP contribution is -2.12. The fourth-order valence-electron chi connectivity index (χ4n) is 2.75. The van der Waals surface area contributed by atoms with Crippen LogP contribution in [0.1, 0.15) is 25.6 Å². The summed E-state index contributed by atoms with van der Waals surface area (Å²) < 4.78 is 15.7. The Kier molecular flexibility index (Phi) is 3.91. The van der Waals surface area contributed by atoms with Crippen LogP contribution in [-0.4, -0.2) is 15.4 Å². The summed E-state index contributed by atoms with van der Waals surface area (Å²) in [4.78, 5) is 4.52. The number of fused-ring (bicyclic) bond motifs is 1. The Morgan fingerprint density at radius 3 is 2.85 bits per heavy atom. The Hall–Kier alpha value is -0.800. The molecule has 1 aromatic carbocycles. The molecular weight excluding hydrogens is 298 g/mol. The van der Waals surface area contributed by atoms with Gasteiger partial charge in [0.05, 0.1) is 16.1 Å². The first kappa shape index (κ1) is 14.2. The van der Waals surface area contributed by atoms with E-state index >= 15 is 0 Å². The van der Waals surface area contributed by atoms with Gasteiger partial charge in [-0.05, 0) is 30.7 Å². The third kappa shape index (κ3) is 2.66. The third-order valence-electron chi connectivity index (χ3n) is 4.08. The minimum absolute atomic E-state index is 0.148. The van der Waals surface area contributed by atoms with Gasteiger partial charge in [-0.25, -0.2) is 9.37 Å². The number of rotatable bonds is 5. The summed E-state index contributed by atoms with van der Waals surface area (Å²) >= 11 is 11.8. The Balaban J connectivity index is 2.04. The van der Waals surface area contributed by atoms with Crippen molar-refractivity contribution in [3.05, 3.63) is 28.8 Å². The van der Waals surface area contributed by atoms with Gasteiger partial charge in [-0.2, -0.15) is 0 Å². The van der Waals surface area contributed by atoms with Crippen LogP contribution in [0.25, 0.3) is 11.0 Å². The first-order valence-corrected chi connectivity index (χ1v) is 7.91. The van der Waals surface area contributed by atoms with Crippen LogP contribution in [0.2, 0.25) is 5.02 Å². The van der Waals surface area contributed by atoms with E-state index in [0.29, 0.717) is 23.7 Å². The number of nitrogens with zero attached hydrogens (tertiary/aromatic N) is 2. The average molecular weight is 315 g/mol. The minimum atomic E-state index is -0.420. The summed E-state index contributed by atoms with van der Waals surface area (Å²) in [6, 6.07) is 3.09. The highest BCUT2D eigenvalue weighted by Crippen LogP contribution is 2.38. The molecule has 1 aliphatic rings.